The zero-order valence-corrected chi connectivity index (χ0v) is 17.2. The number of nitrogens with zero attached hydrogens (tertiary/aromatic N) is 4. The molecule has 0 aliphatic heterocycles. The number of ether oxygens (including phenoxy) is 1. The first-order valence-electron chi connectivity index (χ1n) is 9.34. The van der Waals surface area contributed by atoms with Gasteiger partial charge in [-0.15, -0.1) is 10.2 Å². The van der Waals surface area contributed by atoms with Gasteiger partial charge in [-0.2, -0.15) is 0 Å². The van der Waals surface area contributed by atoms with Crippen molar-refractivity contribution in [1.82, 2.24) is 19.7 Å². The van der Waals surface area contributed by atoms with E-state index < -0.39 is 0 Å². The molecule has 2 aromatic carbocycles. The molecule has 1 atom stereocenters. The van der Waals surface area contributed by atoms with E-state index in [9.17, 15) is 4.79 Å². The van der Waals surface area contributed by atoms with Crippen molar-refractivity contribution in [3.63, 3.8) is 0 Å². The van der Waals surface area contributed by atoms with Crippen LogP contribution in [0.4, 0.5) is 5.69 Å². The molecule has 1 N–H and O–H groups in total. The van der Waals surface area contributed by atoms with Crippen LogP contribution in [0.5, 0.6) is 5.75 Å². The summed E-state index contributed by atoms with van der Waals surface area (Å²) in [6.07, 6.45) is 0. The molecule has 0 aliphatic carbocycles. The maximum atomic E-state index is 12.6. The summed E-state index contributed by atoms with van der Waals surface area (Å²) in [5.74, 6) is 0.552. The normalized spacial score (nSPS) is 12.2. The van der Waals surface area contributed by atoms with Crippen molar-refractivity contribution in [2.45, 2.75) is 30.8 Å². The largest absolute Gasteiger partial charge is 0.497 e. The smallest absolute Gasteiger partial charge is 0.237 e. The highest BCUT2D eigenvalue weighted by Gasteiger charge is 2.19. The quantitative estimate of drug-likeness (QED) is 0.484. The molecular formula is C21H21N5O2S. The van der Waals surface area contributed by atoms with Gasteiger partial charge < -0.3 is 14.6 Å². The average molecular weight is 407 g/mol. The Bertz CT molecular complexity index is 1190. The Labute approximate surface area is 172 Å². The topological polar surface area (TPSA) is 81.9 Å². The van der Waals surface area contributed by atoms with Gasteiger partial charge >= 0.3 is 0 Å². The number of thioether (sulfide) groups is 1. The van der Waals surface area contributed by atoms with Gasteiger partial charge in [-0.3, -0.25) is 4.79 Å². The fourth-order valence-corrected chi connectivity index (χ4v) is 3.92. The molecule has 0 unspecified atom stereocenters. The van der Waals surface area contributed by atoms with Crippen LogP contribution in [0.1, 0.15) is 13.8 Å². The van der Waals surface area contributed by atoms with Crippen molar-refractivity contribution in [3.05, 3.63) is 48.5 Å². The van der Waals surface area contributed by atoms with Gasteiger partial charge in [0.05, 0.1) is 17.9 Å². The number of aromatic nitrogens is 4. The van der Waals surface area contributed by atoms with E-state index in [1.807, 2.05) is 43.3 Å². The first-order valence-corrected chi connectivity index (χ1v) is 10.2. The third kappa shape index (κ3) is 3.75. The Hall–Kier alpha value is -3.13. The summed E-state index contributed by atoms with van der Waals surface area (Å²) in [7, 11) is 1.59. The van der Waals surface area contributed by atoms with Crippen molar-refractivity contribution in [2.75, 3.05) is 12.4 Å². The SMILES string of the molecule is CCn1c2ccccc2c2nnc(S[C@@H](C)C(=O)Nc3cccc(OC)c3)nc21. The van der Waals surface area contributed by atoms with E-state index in [0.717, 1.165) is 28.6 Å². The molecule has 4 aromatic rings. The van der Waals surface area contributed by atoms with E-state index in [1.54, 1.807) is 13.2 Å². The highest BCUT2D eigenvalue weighted by Crippen LogP contribution is 2.28. The van der Waals surface area contributed by atoms with Crippen molar-refractivity contribution in [3.8, 4) is 5.75 Å². The zero-order valence-electron chi connectivity index (χ0n) is 16.4. The van der Waals surface area contributed by atoms with Crippen LogP contribution in [0, 0.1) is 0 Å². The van der Waals surface area contributed by atoms with Crippen molar-refractivity contribution in [1.29, 1.82) is 0 Å². The Morgan fingerprint density at radius 2 is 2.03 bits per heavy atom. The molecular weight excluding hydrogens is 386 g/mol. The lowest BCUT2D eigenvalue weighted by Gasteiger charge is -2.11. The summed E-state index contributed by atoms with van der Waals surface area (Å²) in [5, 5.41) is 12.7. The Balaban J connectivity index is 1.56. The maximum Gasteiger partial charge on any atom is 0.237 e. The van der Waals surface area contributed by atoms with Crippen LogP contribution in [0.2, 0.25) is 0 Å². The second kappa shape index (κ2) is 8.08. The molecule has 0 radical (unpaired) electrons. The summed E-state index contributed by atoms with van der Waals surface area (Å²) in [6, 6.07) is 15.3. The maximum absolute atomic E-state index is 12.6. The van der Waals surface area contributed by atoms with Crippen LogP contribution in [0.15, 0.2) is 53.7 Å². The Morgan fingerprint density at radius 1 is 1.21 bits per heavy atom. The third-order valence-electron chi connectivity index (χ3n) is 4.66. The minimum absolute atomic E-state index is 0.136. The van der Waals surface area contributed by atoms with Gasteiger partial charge in [0, 0.05) is 23.7 Å². The number of carbonyl (C=O) groups excluding carboxylic acids is 1. The van der Waals surface area contributed by atoms with Crippen LogP contribution in [0.3, 0.4) is 0 Å². The number of benzene rings is 2. The van der Waals surface area contributed by atoms with E-state index >= 15 is 0 Å². The fraction of sp³-hybridized carbons (Fsp3) is 0.238. The predicted octanol–water partition coefficient (Wildman–Crippen LogP) is 4.13. The molecule has 0 bridgehead atoms. The molecule has 2 aromatic heterocycles. The molecule has 8 heteroatoms. The molecule has 0 aliphatic rings. The monoisotopic (exact) mass is 407 g/mol. The molecule has 0 saturated heterocycles. The highest BCUT2D eigenvalue weighted by molar-refractivity contribution is 8.00. The summed E-state index contributed by atoms with van der Waals surface area (Å²) in [6.45, 7) is 4.67. The molecule has 4 rings (SSSR count). The second-order valence-corrected chi connectivity index (χ2v) is 7.82. The van der Waals surface area contributed by atoms with E-state index in [-0.39, 0.29) is 11.2 Å². The minimum Gasteiger partial charge on any atom is -0.497 e. The Morgan fingerprint density at radius 3 is 2.83 bits per heavy atom. The first-order chi connectivity index (χ1) is 14.1. The second-order valence-electron chi connectivity index (χ2n) is 6.51. The van der Waals surface area contributed by atoms with Crippen LogP contribution in [-0.4, -0.2) is 38.0 Å². The molecule has 0 saturated carbocycles. The molecule has 0 spiro atoms. The van der Waals surface area contributed by atoms with Crippen molar-refractivity contribution in [2.24, 2.45) is 0 Å². The van der Waals surface area contributed by atoms with Crippen LogP contribution in [0.25, 0.3) is 22.1 Å². The number of nitrogens with one attached hydrogen (secondary N) is 1. The predicted molar refractivity (Wildman–Crippen MR) is 115 cm³/mol. The molecule has 29 heavy (non-hydrogen) atoms. The third-order valence-corrected chi connectivity index (χ3v) is 5.61. The van der Waals surface area contributed by atoms with Crippen LogP contribution in [-0.2, 0) is 11.3 Å². The highest BCUT2D eigenvalue weighted by atomic mass is 32.2. The van der Waals surface area contributed by atoms with Crippen molar-refractivity contribution < 1.29 is 9.53 Å². The number of rotatable bonds is 6. The van der Waals surface area contributed by atoms with E-state index in [4.69, 9.17) is 9.72 Å². The zero-order chi connectivity index (χ0) is 20.4. The minimum atomic E-state index is -0.389. The number of aryl methyl sites for hydroxylation is 1. The molecule has 1 amide bonds. The molecule has 2 heterocycles. The van der Waals surface area contributed by atoms with Gasteiger partial charge in [-0.25, -0.2) is 4.98 Å². The number of hydrogen-bond donors (Lipinski definition) is 1. The number of methoxy groups -OCH3 is 1. The number of fused-ring (bicyclic) bond motifs is 3. The van der Waals surface area contributed by atoms with Gasteiger partial charge in [-0.1, -0.05) is 36.0 Å². The van der Waals surface area contributed by atoms with Gasteiger partial charge in [0.1, 0.15) is 11.3 Å². The fourth-order valence-electron chi connectivity index (χ4n) is 3.22. The average Bonchev–Trinajstić information content (AvgIpc) is 3.06. The van der Waals surface area contributed by atoms with E-state index in [2.05, 4.69) is 33.1 Å². The number of hydrogen-bond acceptors (Lipinski definition) is 6. The molecule has 0 fully saturated rings. The molecule has 7 nitrogen and oxygen atoms in total. The Kier molecular flexibility index (Phi) is 5.35. The van der Waals surface area contributed by atoms with E-state index in [0.29, 0.717) is 16.6 Å². The van der Waals surface area contributed by atoms with E-state index in [1.165, 1.54) is 11.8 Å². The summed E-state index contributed by atoms with van der Waals surface area (Å²) >= 11 is 1.28. The number of para-hydroxylation sites is 1. The lowest BCUT2D eigenvalue weighted by Crippen LogP contribution is -2.22. The lowest BCUT2D eigenvalue weighted by molar-refractivity contribution is -0.115. The number of carbonyl (C=O) groups is 1. The summed E-state index contributed by atoms with van der Waals surface area (Å²) in [5.41, 5.74) is 3.33. The van der Waals surface area contributed by atoms with Crippen LogP contribution < -0.4 is 10.1 Å². The standard InChI is InChI=1S/C21H21N5O2S/c1-4-26-17-11-6-5-10-16(17)18-19(26)23-21(25-24-18)29-13(2)20(27)22-14-8-7-9-15(12-14)28-3/h5-13H,4H2,1-3H3,(H,22,27)/t13-/m0/s1. The van der Waals surface area contributed by atoms with Crippen molar-refractivity contribution >= 4 is 45.4 Å². The first kappa shape index (κ1) is 19.2. The number of anilines is 1. The number of amides is 1. The van der Waals surface area contributed by atoms with Gasteiger partial charge in [-0.05, 0) is 32.0 Å². The van der Waals surface area contributed by atoms with Gasteiger partial charge in [0.2, 0.25) is 11.1 Å². The summed E-state index contributed by atoms with van der Waals surface area (Å²) < 4.78 is 7.31. The molecule has 148 valence electrons. The summed E-state index contributed by atoms with van der Waals surface area (Å²) in [4.78, 5) is 17.3. The van der Waals surface area contributed by atoms with Gasteiger partial charge in [0.15, 0.2) is 5.65 Å². The van der Waals surface area contributed by atoms with Crippen LogP contribution >= 0.6 is 11.8 Å². The van der Waals surface area contributed by atoms with Gasteiger partial charge in [0.25, 0.3) is 0 Å². The lowest BCUT2D eigenvalue weighted by atomic mass is 10.2.